The third-order valence-corrected chi connectivity index (χ3v) is 5.23. The van der Waals surface area contributed by atoms with Gasteiger partial charge in [-0.15, -0.1) is 0 Å². The maximum absolute atomic E-state index is 12.3. The highest BCUT2D eigenvalue weighted by Gasteiger charge is 2.22. The molecule has 20 heavy (non-hydrogen) atoms. The summed E-state index contributed by atoms with van der Waals surface area (Å²) in [5.41, 5.74) is 0.457. The minimum Gasteiger partial charge on any atom is -0.294 e. The molecule has 1 aliphatic rings. The molecule has 0 heterocycles. The van der Waals surface area contributed by atoms with Gasteiger partial charge in [0.05, 0.1) is 4.90 Å². The van der Waals surface area contributed by atoms with Crippen LogP contribution in [0.1, 0.15) is 55.8 Å². The fourth-order valence-electron chi connectivity index (χ4n) is 2.55. The van der Waals surface area contributed by atoms with Gasteiger partial charge in [-0.3, -0.25) is 4.79 Å². The van der Waals surface area contributed by atoms with Crippen LogP contribution >= 0.6 is 0 Å². The van der Waals surface area contributed by atoms with Crippen molar-refractivity contribution in [3.8, 4) is 0 Å². The minimum absolute atomic E-state index is 0.0271. The Morgan fingerprint density at radius 3 is 2.60 bits per heavy atom. The summed E-state index contributed by atoms with van der Waals surface area (Å²) in [4.78, 5) is 11.9. The Morgan fingerprint density at radius 1 is 1.25 bits per heavy atom. The molecule has 1 saturated carbocycles. The van der Waals surface area contributed by atoms with Crippen molar-refractivity contribution in [2.45, 2.75) is 56.4 Å². The second-order valence-corrected chi connectivity index (χ2v) is 6.97. The first-order valence-electron chi connectivity index (χ1n) is 7.18. The Balaban J connectivity index is 2.18. The normalized spacial score (nSPS) is 17.1. The quantitative estimate of drug-likeness (QED) is 0.850. The van der Waals surface area contributed by atoms with Gasteiger partial charge in [0.2, 0.25) is 10.0 Å². The lowest BCUT2D eigenvalue weighted by atomic mass is 9.96. The Morgan fingerprint density at radius 2 is 1.95 bits per heavy atom. The molecule has 0 bridgehead atoms. The number of carbonyl (C=O) groups excluding carboxylic acids is 1. The molecule has 110 valence electrons. The summed E-state index contributed by atoms with van der Waals surface area (Å²) in [6, 6.07) is 6.32. The van der Waals surface area contributed by atoms with Crippen LogP contribution in [0.5, 0.6) is 0 Å². The molecule has 1 aromatic carbocycles. The van der Waals surface area contributed by atoms with Crippen molar-refractivity contribution in [2.24, 2.45) is 0 Å². The number of hydrogen-bond donors (Lipinski definition) is 1. The highest BCUT2D eigenvalue weighted by Crippen LogP contribution is 2.20. The predicted octanol–water partition coefficient (Wildman–Crippen LogP) is 2.89. The van der Waals surface area contributed by atoms with Gasteiger partial charge in [0, 0.05) is 18.0 Å². The molecule has 1 aliphatic carbocycles. The van der Waals surface area contributed by atoms with E-state index in [1.54, 1.807) is 19.1 Å². The SMILES string of the molecule is CCC(=O)c1cccc(S(=O)(=O)NC2CCCCC2)c1. The number of sulfonamides is 1. The maximum Gasteiger partial charge on any atom is 0.240 e. The number of nitrogens with one attached hydrogen (secondary N) is 1. The molecule has 0 unspecified atom stereocenters. The minimum atomic E-state index is -3.53. The van der Waals surface area contributed by atoms with Crippen molar-refractivity contribution in [3.63, 3.8) is 0 Å². The van der Waals surface area contributed by atoms with Crippen LogP contribution in [0.25, 0.3) is 0 Å². The Bertz CT molecular complexity index is 575. The average molecular weight is 295 g/mol. The van der Waals surface area contributed by atoms with Gasteiger partial charge >= 0.3 is 0 Å². The molecule has 0 atom stereocenters. The van der Waals surface area contributed by atoms with Crippen molar-refractivity contribution >= 4 is 15.8 Å². The first-order valence-corrected chi connectivity index (χ1v) is 8.67. The van der Waals surface area contributed by atoms with Gasteiger partial charge in [0.1, 0.15) is 0 Å². The van der Waals surface area contributed by atoms with Crippen molar-refractivity contribution in [2.75, 3.05) is 0 Å². The van der Waals surface area contributed by atoms with Crippen LogP contribution < -0.4 is 4.72 Å². The lowest BCUT2D eigenvalue weighted by molar-refractivity contribution is 0.0988. The third-order valence-electron chi connectivity index (χ3n) is 3.71. The van der Waals surface area contributed by atoms with Crippen molar-refractivity contribution < 1.29 is 13.2 Å². The Hall–Kier alpha value is -1.20. The molecule has 2 rings (SSSR count). The molecule has 0 radical (unpaired) electrons. The van der Waals surface area contributed by atoms with Crippen molar-refractivity contribution in [1.82, 2.24) is 4.72 Å². The smallest absolute Gasteiger partial charge is 0.240 e. The van der Waals surface area contributed by atoms with E-state index in [-0.39, 0.29) is 16.7 Å². The van der Waals surface area contributed by atoms with E-state index < -0.39 is 10.0 Å². The van der Waals surface area contributed by atoms with Gasteiger partial charge in [-0.2, -0.15) is 0 Å². The van der Waals surface area contributed by atoms with E-state index in [1.807, 2.05) is 0 Å². The number of carbonyl (C=O) groups is 1. The standard InChI is InChI=1S/C15H21NO3S/c1-2-15(17)12-7-6-10-14(11-12)20(18,19)16-13-8-4-3-5-9-13/h6-7,10-11,13,16H,2-5,8-9H2,1H3. The molecule has 0 aliphatic heterocycles. The van der Waals surface area contributed by atoms with Gasteiger partial charge in [-0.05, 0) is 25.0 Å². The van der Waals surface area contributed by atoms with E-state index in [4.69, 9.17) is 0 Å². The molecule has 0 saturated heterocycles. The van der Waals surface area contributed by atoms with Gasteiger partial charge in [-0.25, -0.2) is 13.1 Å². The van der Waals surface area contributed by atoms with Crippen LogP contribution in [-0.2, 0) is 10.0 Å². The molecule has 5 heteroatoms. The lowest BCUT2D eigenvalue weighted by Crippen LogP contribution is -2.36. The zero-order chi connectivity index (χ0) is 14.6. The first-order chi connectivity index (χ1) is 9.53. The third kappa shape index (κ3) is 3.67. The average Bonchev–Trinajstić information content (AvgIpc) is 2.47. The van der Waals surface area contributed by atoms with Crippen LogP contribution in [-0.4, -0.2) is 20.2 Å². The van der Waals surface area contributed by atoms with Crippen molar-refractivity contribution in [1.29, 1.82) is 0 Å². The van der Waals surface area contributed by atoms with Crippen LogP contribution in [0.2, 0.25) is 0 Å². The maximum atomic E-state index is 12.3. The second kappa shape index (κ2) is 6.50. The summed E-state index contributed by atoms with van der Waals surface area (Å²) < 4.78 is 27.4. The first kappa shape index (κ1) is 15.2. The molecule has 0 spiro atoms. The Labute approximate surface area is 120 Å². The second-order valence-electron chi connectivity index (χ2n) is 5.26. The van der Waals surface area contributed by atoms with Crippen molar-refractivity contribution in [3.05, 3.63) is 29.8 Å². The van der Waals surface area contributed by atoms with E-state index in [0.717, 1.165) is 25.7 Å². The molecule has 4 nitrogen and oxygen atoms in total. The van der Waals surface area contributed by atoms with Gasteiger partial charge < -0.3 is 0 Å². The fourth-order valence-corrected chi connectivity index (χ4v) is 3.90. The molecule has 1 aromatic rings. The highest BCUT2D eigenvalue weighted by atomic mass is 32.2. The zero-order valence-electron chi connectivity index (χ0n) is 11.8. The molecule has 1 fully saturated rings. The summed E-state index contributed by atoms with van der Waals surface area (Å²) in [6.45, 7) is 1.77. The van der Waals surface area contributed by atoms with E-state index in [1.165, 1.54) is 18.6 Å². The predicted molar refractivity (Wildman–Crippen MR) is 78.3 cm³/mol. The molecule has 0 amide bonds. The number of rotatable bonds is 5. The molecular weight excluding hydrogens is 274 g/mol. The highest BCUT2D eigenvalue weighted by molar-refractivity contribution is 7.89. The van der Waals surface area contributed by atoms with E-state index in [2.05, 4.69) is 4.72 Å². The number of Topliss-reactive ketones (excluding diaryl/α,β-unsaturated/α-hetero) is 1. The van der Waals surface area contributed by atoms with Gasteiger partial charge in [0.15, 0.2) is 5.78 Å². The number of ketones is 1. The Kier molecular flexibility index (Phi) is 4.94. The fraction of sp³-hybridized carbons (Fsp3) is 0.533. The summed E-state index contributed by atoms with van der Waals surface area (Å²) >= 11 is 0. The largest absolute Gasteiger partial charge is 0.294 e. The molecule has 0 aromatic heterocycles. The van der Waals surface area contributed by atoms with Crippen LogP contribution in [0.3, 0.4) is 0 Å². The number of hydrogen-bond acceptors (Lipinski definition) is 3. The van der Waals surface area contributed by atoms with E-state index in [9.17, 15) is 13.2 Å². The number of benzene rings is 1. The van der Waals surface area contributed by atoms with Crippen LogP contribution in [0.4, 0.5) is 0 Å². The molecular formula is C15H21NO3S. The van der Waals surface area contributed by atoms with Crippen LogP contribution in [0.15, 0.2) is 29.2 Å². The zero-order valence-corrected chi connectivity index (χ0v) is 12.6. The van der Waals surface area contributed by atoms with E-state index >= 15 is 0 Å². The van der Waals surface area contributed by atoms with Gasteiger partial charge in [0.25, 0.3) is 0 Å². The van der Waals surface area contributed by atoms with Crippen LogP contribution in [0, 0.1) is 0 Å². The lowest BCUT2D eigenvalue weighted by Gasteiger charge is -2.22. The van der Waals surface area contributed by atoms with Gasteiger partial charge in [-0.1, -0.05) is 38.3 Å². The molecule has 1 N–H and O–H groups in total. The summed E-state index contributed by atoms with van der Waals surface area (Å²) in [6.07, 6.45) is 5.49. The summed E-state index contributed by atoms with van der Waals surface area (Å²) in [5, 5.41) is 0. The van der Waals surface area contributed by atoms with E-state index in [0.29, 0.717) is 12.0 Å². The summed E-state index contributed by atoms with van der Waals surface area (Å²) in [5.74, 6) is -0.0419. The topological polar surface area (TPSA) is 63.2 Å². The summed E-state index contributed by atoms with van der Waals surface area (Å²) in [7, 11) is -3.53. The monoisotopic (exact) mass is 295 g/mol.